The number of imidazole rings is 1. The largest absolute Gasteiger partial charge is 0.399 e. The highest BCUT2D eigenvalue weighted by molar-refractivity contribution is 5.81. The molecule has 0 unspecified atom stereocenters. The number of nitrogen functional groups attached to an aromatic ring is 1. The van der Waals surface area contributed by atoms with Crippen molar-refractivity contribution in [3.8, 4) is 0 Å². The Hall–Kier alpha value is -2.36. The van der Waals surface area contributed by atoms with Gasteiger partial charge in [0.25, 0.3) is 0 Å². The molecule has 0 saturated heterocycles. The van der Waals surface area contributed by atoms with Gasteiger partial charge in [-0.2, -0.15) is 0 Å². The van der Waals surface area contributed by atoms with Gasteiger partial charge in [0, 0.05) is 23.5 Å². The first-order valence-corrected chi connectivity index (χ1v) is 5.42. The second-order valence-electron chi connectivity index (χ2n) is 3.99. The molecule has 0 atom stereocenters. The quantitative estimate of drug-likeness (QED) is 0.678. The van der Waals surface area contributed by atoms with Gasteiger partial charge in [0.2, 0.25) is 0 Å². The highest BCUT2D eigenvalue weighted by Gasteiger charge is 1.99. The Bertz CT molecular complexity index is 644. The number of benzene rings is 1. The summed E-state index contributed by atoms with van der Waals surface area (Å²) in [4.78, 5) is 8.60. The molecular weight excluding hydrogens is 212 g/mol. The monoisotopic (exact) mass is 224 g/mol. The second-order valence-corrected chi connectivity index (χ2v) is 3.99. The van der Waals surface area contributed by atoms with Gasteiger partial charge in [-0.1, -0.05) is 6.07 Å². The number of hydrogen-bond acceptors (Lipinski definition) is 3. The van der Waals surface area contributed by atoms with Crippen LogP contribution in [0.3, 0.4) is 0 Å². The normalized spacial score (nSPS) is 10.8. The summed E-state index contributed by atoms with van der Waals surface area (Å²) in [5.41, 5.74) is 8.48. The zero-order valence-electron chi connectivity index (χ0n) is 9.24. The van der Waals surface area contributed by atoms with E-state index in [1.165, 1.54) is 0 Å². The summed E-state index contributed by atoms with van der Waals surface area (Å²) in [6, 6.07) is 9.81. The number of pyridine rings is 1. The lowest BCUT2D eigenvalue weighted by molar-refractivity contribution is 0.777. The molecule has 17 heavy (non-hydrogen) atoms. The molecule has 0 aliphatic carbocycles. The van der Waals surface area contributed by atoms with Crippen molar-refractivity contribution in [2.45, 2.75) is 6.54 Å². The number of hydrogen-bond donors (Lipinski definition) is 1. The van der Waals surface area contributed by atoms with Gasteiger partial charge in [0.05, 0.1) is 24.1 Å². The van der Waals surface area contributed by atoms with Crippen LogP contribution in [0.25, 0.3) is 10.9 Å². The van der Waals surface area contributed by atoms with E-state index in [4.69, 9.17) is 5.73 Å². The average molecular weight is 224 g/mol. The molecule has 0 fully saturated rings. The molecule has 0 radical (unpaired) electrons. The van der Waals surface area contributed by atoms with Crippen LogP contribution in [0.15, 0.2) is 49.1 Å². The maximum atomic E-state index is 5.73. The van der Waals surface area contributed by atoms with Crippen LogP contribution in [-0.4, -0.2) is 14.5 Å². The molecule has 0 bridgehead atoms. The molecule has 4 heteroatoms. The van der Waals surface area contributed by atoms with Crippen LogP contribution in [0.1, 0.15) is 5.69 Å². The lowest BCUT2D eigenvalue weighted by Crippen LogP contribution is -1.99. The molecule has 0 saturated carbocycles. The topological polar surface area (TPSA) is 56.7 Å². The van der Waals surface area contributed by atoms with Gasteiger partial charge in [-0.15, -0.1) is 0 Å². The molecule has 0 amide bonds. The summed E-state index contributed by atoms with van der Waals surface area (Å²) in [6.45, 7) is 0.736. The van der Waals surface area contributed by atoms with Crippen molar-refractivity contribution in [2.75, 3.05) is 5.73 Å². The molecule has 0 aliphatic heterocycles. The fourth-order valence-corrected chi connectivity index (χ4v) is 1.84. The fraction of sp³-hybridized carbons (Fsp3) is 0.0769. The SMILES string of the molecule is Nc1ccc2nc(Cn3ccnc3)ccc2c1. The number of anilines is 1. The van der Waals surface area contributed by atoms with E-state index in [9.17, 15) is 0 Å². The predicted octanol–water partition coefficient (Wildman–Crippen LogP) is 2.06. The van der Waals surface area contributed by atoms with Crippen LogP contribution >= 0.6 is 0 Å². The Balaban J connectivity index is 1.99. The second kappa shape index (κ2) is 3.90. The van der Waals surface area contributed by atoms with E-state index in [0.717, 1.165) is 28.8 Å². The predicted molar refractivity (Wildman–Crippen MR) is 67.5 cm³/mol. The molecule has 0 aliphatic rings. The van der Waals surface area contributed by atoms with Gasteiger partial charge in [-0.3, -0.25) is 4.98 Å². The first-order chi connectivity index (χ1) is 8.31. The summed E-state index contributed by atoms with van der Waals surface area (Å²) in [7, 11) is 0. The van der Waals surface area contributed by atoms with E-state index in [-0.39, 0.29) is 0 Å². The van der Waals surface area contributed by atoms with Crippen molar-refractivity contribution in [3.05, 3.63) is 54.7 Å². The molecule has 3 rings (SSSR count). The summed E-state index contributed by atoms with van der Waals surface area (Å²) >= 11 is 0. The van der Waals surface area contributed by atoms with E-state index >= 15 is 0 Å². The summed E-state index contributed by atoms with van der Waals surface area (Å²) in [5, 5.41) is 1.07. The Morgan fingerprint density at radius 1 is 1.18 bits per heavy atom. The smallest absolute Gasteiger partial charge is 0.0949 e. The maximum absolute atomic E-state index is 5.73. The Labute approximate surface area is 98.7 Å². The third kappa shape index (κ3) is 1.97. The average Bonchev–Trinajstić information content (AvgIpc) is 2.82. The Morgan fingerprint density at radius 3 is 2.94 bits per heavy atom. The molecule has 0 spiro atoms. The van der Waals surface area contributed by atoms with Crippen molar-refractivity contribution >= 4 is 16.6 Å². The third-order valence-corrected chi connectivity index (χ3v) is 2.67. The minimum Gasteiger partial charge on any atom is -0.399 e. The van der Waals surface area contributed by atoms with Gasteiger partial charge < -0.3 is 10.3 Å². The molecule has 84 valence electrons. The third-order valence-electron chi connectivity index (χ3n) is 2.67. The standard InChI is InChI=1S/C13H12N4/c14-11-2-4-13-10(7-11)1-3-12(16-13)8-17-6-5-15-9-17/h1-7,9H,8,14H2. The molecule has 4 nitrogen and oxygen atoms in total. The first-order valence-electron chi connectivity index (χ1n) is 5.42. The van der Waals surface area contributed by atoms with Crippen LogP contribution < -0.4 is 5.73 Å². The first kappa shape index (κ1) is 9.84. The number of nitrogens with zero attached hydrogens (tertiary/aromatic N) is 3. The number of aromatic nitrogens is 3. The van der Waals surface area contributed by atoms with Crippen LogP contribution in [0.2, 0.25) is 0 Å². The van der Waals surface area contributed by atoms with Crippen LogP contribution in [0, 0.1) is 0 Å². The van der Waals surface area contributed by atoms with Gasteiger partial charge in [0.15, 0.2) is 0 Å². The van der Waals surface area contributed by atoms with Crippen molar-refractivity contribution in [2.24, 2.45) is 0 Å². The minimum absolute atomic E-state index is 0.736. The molecule has 3 aromatic rings. The molecular formula is C13H12N4. The van der Waals surface area contributed by atoms with Crippen LogP contribution in [0.4, 0.5) is 5.69 Å². The molecule has 2 aromatic heterocycles. The van der Waals surface area contributed by atoms with E-state index in [0.29, 0.717) is 0 Å². The minimum atomic E-state index is 0.736. The lowest BCUT2D eigenvalue weighted by atomic mass is 10.2. The maximum Gasteiger partial charge on any atom is 0.0949 e. The number of fused-ring (bicyclic) bond motifs is 1. The van der Waals surface area contributed by atoms with Crippen LogP contribution in [-0.2, 0) is 6.54 Å². The van der Waals surface area contributed by atoms with Gasteiger partial charge in [-0.05, 0) is 24.3 Å². The number of rotatable bonds is 2. The van der Waals surface area contributed by atoms with Crippen molar-refractivity contribution in [1.29, 1.82) is 0 Å². The van der Waals surface area contributed by atoms with Gasteiger partial charge in [0.1, 0.15) is 0 Å². The van der Waals surface area contributed by atoms with Crippen molar-refractivity contribution < 1.29 is 0 Å². The fourth-order valence-electron chi connectivity index (χ4n) is 1.84. The summed E-state index contributed by atoms with van der Waals surface area (Å²) in [5.74, 6) is 0. The van der Waals surface area contributed by atoms with E-state index in [2.05, 4.69) is 9.97 Å². The highest BCUT2D eigenvalue weighted by atomic mass is 15.0. The highest BCUT2D eigenvalue weighted by Crippen LogP contribution is 2.16. The van der Waals surface area contributed by atoms with Gasteiger partial charge in [-0.25, -0.2) is 4.98 Å². The van der Waals surface area contributed by atoms with E-state index in [1.807, 2.05) is 41.1 Å². The Morgan fingerprint density at radius 2 is 2.12 bits per heavy atom. The van der Waals surface area contributed by atoms with Gasteiger partial charge >= 0.3 is 0 Å². The molecule has 2 heterocycles. The zero-order valence-corrected chi connectivity index (χ0v) is 9.24. The summed E-state index contributed by atoms with van der Waals surface area (Å²) < 4.78 is 1.99. The molecule has 2 N–H and O–H groups in total. The Kier molecular flexibility index (Phi) is 2.26. The van der Waals surface area contributed by atoms with Crippen molar-refractivity contribution in [3.63, 3.8) is 0 Å². The zero-order chi connectivity index (χ0) is 11.7. The van der Waals surface area contributed by atoms with Crippen molar-refractivity contribution in [1.82, 2.24) is 14.5 Å². The van der Waals surface area contributed by atoms with Crippen LogP contribution in [0.5, 0.6) is 0 Å². The van der Waals surface area contributed by atoms with E-state index < -0.39 is 0 Å². The van der Waals surface area contributed by atoms with E-state index in [1.54, 1.807) is 12.5 Å². The molecule has 1 aromatic carbocycles. The lowest BCUT2D eigenvalue weighted by Gasteiger charge is -2.04. The number of nitrogens with two attached hydrogens (primary N) is 1. The summed E-state index contributed by atoms with van der Waals surface area (Å²) in [6.07, 6.45) is 5.48.